The van der Waals surface area contributed by atoms with Crippen LogP contribution >= 0.6 is 0 Å². The van der Waals surface area contributed by atoms with E-state index in [1.807, 2.05) is 43.6 Å². The molecule has 0 radical (unpaired) electrons. The third-order valence-electron chi connectivity index (χ3n) is 5.81. The maximum atomic E-state index is 13.8. The third kappa shape index (κ3) is 3.36. The summed E-state index contributed by atoms with van der Waals surface area (Å²) in [6.07, 6.45) is 9.71. The first-order chi connectivity index (χ1) is 17.0. The number of ether oxygens (including phenoxy) is 1. The zero-order valence-corrected chi connectivity index (χ0v) is 19.6. The van der Waals surface area contributed by atoms with Crippen molar-refractivity contribution in [1.82, 2.24) is 33.3 Å². The van der Waals surface area contributed by atoms with Crippen LogP contribution in [0.15, 0.2) is 84.7 Å². The molecule has 10 nitrogen and oxygen atoms in total. The van der Waals surface area contributed by atoms with Crippen LogP contribution in [0.1, 0.15) is 0 Å². The predicted molar refractivity (Wildman–Crippen MR) is 129 cm³/mol. The monoisotopic (exact) mass is 485 g/mol. The number of hydrogen-bond acceptors (Lipinski definition) is 7. The van der Waals surface area contributed by atoms with Crippen LogP contribution in [0, 0.1) is 0 Å². The molecule has 11 heteroatoms. The molecule has 0 atom stereocenters. The number of rotatable bonds is 5. The van der Waals surface area contributed by atoms with E-state index in [0.717, 1.165) is 26.3 Å². The number of fused-ring (bicyclic) bond motifs is 2. The van der Waals surface area contributed by atoms with Gasteiger partial charge in [0.1, 0.15) is 22.4 Å². The number of methoxy groups -OCH3 is 1. The van der Waals surface area contributed by atoms with Crippen LogP contribution in [0.2, 0.25) is 0 Å². The second-order valence-electron chi connectivity index (χ2n) is 7.97. The SMILES string of the molecule is COc1ccccc1-c1ccc2ncc(S(=O)(=O)n3ncc4ncc(-c5cnn(C)c5)cc43)n2c1. The Bertz CT molecular complexity index is 1830. The molecular formula is C24H19N7O3S. The van der Waals surface area contributed by atoms with E-state index in [1.54, 1.807) is 46.9 Å². The highest BCUT2D eigenvalue weighted by Gasteiger charge is 2.25. The van der Waals surface area contributed by atoms with Crippen LogP contribution in [-0.4, -0.2) is 48.9 Å². The number of para-hydroxylation sites is 1. The number of aromatic nitrogens is 7. The molecule has 0 fully saturated rings. The first kappa shape index (κ1) is 21.1. The molecule has 0 saturated carbocycles. The van der Waals surface area contributed by atoms with E-state index >= 15 is 0 Å². The van der Waals surface area contributed by atoms with Gasteiger partial charge in [-0.15, -0.1) is 0 Å². The van der Waals surface area contributed by atoms with Crippen molar-refractivity contribution in [2.24, 2.45) is 7.05 Å². The van der Waals surface area contributed by atoms with Crippen molar-refractivity contribution >= 4 is 26.7 Å². The summed E-state index contributed by atoms with van der Waals surface area (Å²) in [6.45, 7) is 0. The van der Waals surface area contributed by atoms with Crippen molar-refractivity contribution in [1.29, 1.82) is 0 Å². The summed E-state index contributed by atoms with van der Waals surface area (Å²) in [5.74, 6) is 0.684. The van der Waals surface area contributed by atoms with E-state index in [9.17, 15) is 8.42 Å². The molecule has 0 saturated heterocycles. The van der Waals surface area contributed by atoms with Gasteiger partial charge in [0.2, 0.25) is 0 Å². The lowest BCUT2D eigenvalue weighted by Gasteiger charge is -2.10. The van der Waals surface area contributed by atoms with Crippen molar-refractivity contribution in [2.75, 3.05) is 7.11 Å². The van der Waals surface area contributed by atoms with Gasteiger partial charge in [0.25, 0.3) is 0 Å². The Kier molecular flexibility index (Phi) is 4.68. The lowest BCUT2D eigenvalue weighted by Crippen LogP contribution is -2.16. The van der Waals surface area contributed by atoms with Crippen molar-refractivity contribution in [3.05, 3.63) is 79.6 Å². The number of imidazole rings is 1. The fourth-order valence-electron chi connectivity index (χ4n) is 4.09. The van der Waals surface area contributed by atoms with Crippen molar-refractivity contribution in [3.8, 4) is 28.0 Å². The molecule has 0 unspecified atom stereocenters. The van der Waals surface area contributed by atoms with E-state index in [1.165, 1.54) is 12.4 Å². The summed E-state index contributed by atoms with van der Waals surface area (Å²) < 4.78 is 37.2. The normalized spacial score (nSPS) is 11.9. The molecule has 174 valence electrons. The minimum atomic E-state index is -4.10. The van der Waals surface area contributed by atoms with Crippen LogP contribution in [0.3, 0.4) is 0 Å². The van der Waals surface area contributed by atoms with E-state index in [0.29, 0.717) is 22.4 Å². The Labute approximate surface area is 200 Å². The smallest absolute Gasteiger partial charge is 0.301 e. The first-order valence-electron chi connectivity index (χ1n) is 10.6. The third-order valence-corrected chi connectivity index (χ3v) is 7.39. The number of benzene rings is 1. The van der Waals surface area contributed by atoms with Crippen LogP contribution in [0.4, 0.5) is 0 Å². The lowest BCUT2D eigenvalue weighted by atomic mass is 10.1. The van der Waals surface area contributed by atoms with Gasteiger partial charge >= 0.3 is 10.0 Å². The molecule has 6 aromatic rings. The minimum absolute atomic E-state index is 0.0129. The number of pyridine rings is 2. The fourth-order valence-corrected chi connectivity index (χ4v) is 5.42. The summed E-state index contributed by atoms with van der Waals surface area (Å²) in [5.41, 5.74) is 4.50. The fraction of sp³-hybridized carbons (Fsp3) is 0.0833. The van der Waals surface area contributed by atoms with E-state index in [-0.39, 0.29) is 5.03 Å². The molecule has 1 aromatic carbocycles. The minimum Gasteiger partial charge on any atom is -0.496 e. The summed E-state index contributed by atoms with van der Waals surface area (Å²) in [7, 11) is -0.688. The zero-order valence-electron chi connectivity index (χ0n) is 18.8. The quantitative estimate of drug-likeness (QED) is 0.368. The average molecular weight is 486 g/mol. The number of hydrogen-bond donors (Lipinski definition) is 0. The molecule has 0 aliphatic rings. The van der Waals surface area contributed by atoms with Crippen LogP contribution in [0.25, 0.3) is 38.9 Å². The zero-order chi connectivity index (χ0) is 24.2. The van der Waals surface area contributed by atoms with Gasteiger partial charge in [0.05, 0.1) is 25.7 Å². The molecule has 0 bridgehead atoms. The van der Waals surface area contributed by atoms with E-state index in [4.69, 9.17) is 4.74 Å². The highest BCUT2D eigenvalue weighted by molar-refractivity contribution is 7.90. The van der Waals surface area contributed by atoms with Gasteiger partial charge in [-0.1, -0.05) is 18.2 Å². The average Bonchev–Trinajstić information content (AvgIpc) is 3.61. The van der Waals surface area contributed by atoms with E-state index < -0.39 is 10.0 Å². The van der Waals surface area contributed by atoms with Gasteiger partial charge in [-0.25, -0.2) is 4.98 Å². The molecule has 5 heterocycles. The summed E-state index contributed by atoms with van der Waals surface area (Å²) >= 11 is 0. The van der Waals surface area contributed by atoms with Gasteiger partial charge in [-0.3, -0.25) is 14.1 Å². The molecule has 0 N–H and O–H groups in total. The molecule has 5 aromatic heterocycles. The summed E-state index contributed by atoms with van der Waals surface area (Å²) in [6, 6.07) is 12.9. The Morgan fingerprint density at radius 3 is 2.51 bits per heavy atom. The maximum Gasteiger partial charge on any atom is 0.301 e. The Morgan fingerprint density at radius 2 is 1.71 bits per heavy atom. The first-order valence-corrected chi connectivity index (χ1v) is 12.1. The molecule has 0 amide bonds. The number of aryl methyl sites for hydroxylation is 1. The van der Waals surface area contributed by atoms with Crippen LogP contribution < -0.4 is 4.74 Å². The second kappa shape index (κ2) is 7.77. The number of nitrogens with zero attached hydrogens (tertiary/aromatic N) is 7. The second-order valence-corrected chi connectivity index (χ2v) is 9.68. The van der Waals surface area contributed by atoms with Crippen molar-refractivity contribution in [3.63, 3.8) is 0 Å². The highest BCUT2D eigenvalue weighted by atomic mass is 32.2. The summed E-state index contributed by atoms with van der Waals surface area (Å²) in [5, 5.41) is 8.33. The van der Waals surface area contributed by atoms with Gasteiger partial charge in [0.15, 0.2) is 5.03 Å². The van der Waals surface area contributed by atoms with Crippen LogP contribution in [-0.2, 0) is 17.1 Å². The molecular weight excluding hydrogens is 466 g/mol. The molecule has 0 aliphatic carbocycles. The van der Waals surface area contributed by atoms with Crippen molar-refractivity contribution in [2.45, 2.75) is 5.03 Å². The standard InChI is InChI=1S/C24H19N7O3S/c1-29-14-18(11-27-29)17-9-21-20(25-10-17)12-28-31(21)35(32,33)24-13-26-23-8-7-16(15-30(23)24)19-5-3-4-6-22(19)34-2/h3-15H,1-2H3. The summed E-state index contributed by atoms with van der Waals surface area (Å²) in [4.78, 5) is 8.70. The van der Waals surface area contributed by atoms with Gasteiger partial charge in [0, 0.05) is 47.9 Å². The largest absolute Gasteiger partial charge is 0.496 e. The maximum absolute atomic E-state index is 13.8. The molecule has 6 rings (SSSR count). The molecule has 0 aliphatic heterocycles. The van der Waals surface area contributed by atoms with Gasteiger partial charge in [-0.2, -0.15) is 22.7 Å². The molecule has 0 spiro atoms. The topological polar surface area (TPSA) is 109 Å². The van der Waals surface area contributed by atoms with Crippen molar-refractivity contribution < 1.29 is 13.2 Å². The Hall–Kier alpha value is -4.51. The predicted octanol–water partition coefficient (Wildman–Crippen LogP) is 3.39. The highest BCUT2D eigenvalue weighted by Crippen LogP contribution is 2.31. The van der Waals surface area contributed by atoms with Gasteiger partial charge < -0.3 is 4.74 Å². The lowest BCUT2D eigenvalue weighted by molar-refractivity contribution is 0.416. The Balaban J connectivity index is 1.51. The van der Waals surface area contributed by atoms with E-state index in [2.05, 4.69) is 20.2 Å². The Morgan fingerprint density at radius 1 is 0.857 bits per heavy atom. The van der Waals surface area contributed by atoms with Crippen LogP contribution in [0.5, 0.6) is 5.75 Å². The molecule has 35 heavy (non-hydrogen) atoms. The van der Waals surface area contributed by atoms with Gasteiger partial charge in [-0.05, 0) is 24.3 Å².